The molecular formula is C24H23BrN2O5. The Bertz CT molecular complexity index is 1090. The van der Waals surface area contributed by atoms with Crippen LogP contribution >= 0.6 is 15.9 Å². The van der Waals surface area contributed by atoms with Gasteiger partial charge >= 0.3 is 5.97 Å². The van der Waals surface area contributed by atoms with Gasteiger partial charge in [-0.15, -0.1) is 0 Å². The fraction of sp³-hybridized carbons (Fsp3) is 0.208. The van der Waals surface area contributed by atoms with Crippen molar-refractivity contribution in [3.63, 3.8) is 0 Å². The summed E-state index contributed by atoms with van der Waals surface area (Å²) in [7, 11) is 2.98. The van der Waals surface area contributed by atoms with E-state index in [0.717, 1.165) is 10.9 Å². The third kappa shape index (κ3) is 7.00. The average molecular weight is 499 g/mol. The molecule has 0 spiro atoms. The summed E-state index contributed by atoms with van der Waals surface area (Å²) in [6.45, 7) is 2.40. The fourth-order valence-corrected chi connectivity index (χ4v) is 3.02. The first-order valence-electron chi connectivity index (χ1n) is 9.73. The Balaban J connectivity index is 2.19. The van der Waals surface area contributed by atoms with Gasteiger partial charge in [-0.25, -0.2) is 4.79 Å². The molecule has 0 atom stereocenters. The van der Waals surface area contributed by atoms with E-state index in [1.165, 1.54) is 25.3 Å². The lowest BCUT2D eigenvalue weighted by atomic mass is 10.1. The number of hydrogen-bond donors (Lipinski definition) is 1. The van der Waals surface area contributed by atoms with Gasteiger partial charge in [0.2, 0.25) is 0 Å². The summed E-state index contributed by atoms with van der Waals surface area (Å²) in [6.07, 6.45) is 5.08. The largest absolute Gasteiger partial charge is 0.496 e. The molecule has 1 amide bonds. The topological polar surface area (TPSA) is 97.7 Å². The zero-order valence-electron chi connectivity index (χ0n) is 18.0. The van der Waals surface area contributed by atoms with Gasteiger partial charge in [-0.3, -0.25) is 4.79 Å². The first-order chi connectivity index (χ1) is 15.4. The molecule has 0 saturated heterocycles. The molecule has 32 heavy (non-hydrogen) atoms. The van der Waals surface area contributed by atoms with Crippen LogP contribution < -0.4 is 19.5 Å². The number of carbonyl (C=O) groups is 2. The Labute approximate surface area is 195 Å². The van der Waals surface area contributed by atoms with E-state index in [2.05, 4.69) is 21.2 Å². The molecule has 0 bridgehead atoms. The maximum absolute atomic E-state index is 12.3. The van der Waals surface area contributed by atoms with Crippen LogP contribution in [0.5, 0.6) is 17.2 Å². The molecule has 0 radical (unpaired) electrons. The lowest BCUT2D eigenvalue weighted by molar-refractivity contribution is -0.129. The van der Waals surface area contributed by atoms with Crippen LogP contribution in [0.4, 0.5) is 0 Å². The van der Waals surface area contributed by atoms with Crippen molar-refractivity contribution in [3.05, 3.63) is 63.6 Å². The standard InChI is InChI=1S/C24H23BrN2O5/c1-4-11-27-24(29)18(15-26)12-16-5-8-21(22(13-16)31-3)32-23(28)10-6-17-14-19(25)7-9-20(17)30-2/h5-10,12-14H,4,11H2,1-3H3,(H,27,29)/b10-6+,18-12+. The normalized spacial score (nSPS) is 11.0. The highest BCUT2D eigenvalue weighted by Gasteiger charge is 2.12. The number of nitriles is 1. The number of nitrogens with one attached hydrogen (secondary N) is 1. The molecule has 0 fully saturated rings. The maximum Gasteiger partial charge on any atom is 0.336 e. The fourth-order valence-electron chi connectivity index (χ4n) is 2.64. The molecule has 2 aromatic carbocycles. The lowest BCUT2D eigenvalue weighted by Crippen LogP contribution is -2.25. The summed E-state index contributed by atoms with van der Waals surface area (Å²) in [6, 6.07) is 12.1. The van der Waals surface area contributed by atoms with Crippen molar-refractivity contribution in [3.8, 4) is 23.3 Å². The van der Waals surface area contributed by atoms with Crippen LogP contribution in [0.3, 0.4) is 0 Å². The Morgan fingerprint density at radius 2 is 1.81 bits per heavy atom. The van der Waals surface area contributed by atoms with Gasteiger partial charge < -0.3 is 19.5 Å². The zero-order chi connectivity index (χ0) is 23.5. The van der Waals surface area contributed by atoms with Crippen LogP contribution in [-0.2, 0) is 9.59 Å². The Morgan fingerprint density at radius 3 is 2.47 bits per heavy atom. The summed E-state index contributed by atoms with van der Waals surface area (Å²) < 4.78 is 16.8. The van der Waals surface area contributed by atoms with Gasteiger partial charge in [-0.05, 0) is 54.5 Å². The molecule has 8 heteroatoms. The molecular weight excluding hydrogens is 476 g/mol. The molecule has 0 unspecified atom stereocenters. The van der Waals surface area contributed by atoms with Gasteiger partial charge in [-0.1, -0.05) is 28.9 Å². The van der Waals surface area contributed by atoms with Gasteiger partial charge in [0.25, 0.3) is 5.91 Å². The highest BCUT2D eigenvalue weighted by molar-refractivity contribution is 9.10. The van der Waals surface area contributed by atoms with E-state index in [1.807, 2.05) is 25.1 Å². The minimum absolute atomic E-state index is 0.0313. The predicted octanol–water partition coefficient (Wildman–Crippen LogP) is 4.52. The van der Waals surface area contributed by atoms with Crippen molar-refractivity contribution in [2.75, 3.05) is 20.8 Å². The highest BCUT2D eigenvalue weighted by Crippen LogP contribution is 2.29. The van der Waals surface area contributed by atoms with Crippen molar-refractivity contribution in [2.45, 2.75) is 13.3 Å². The quantitative estimate of drug-likeness (QED) is 0.236. The van der Waals surface area contributed by atoms with Crippen LogP contribution in [-0.4, -0.2) is 32.6 Å². The second-order valence-electron chi connectivity index (χ2n) is 6.48. The van der Waals surface area contributed by atoms with Gasteiger partial charge in [0.1, 0.15) is 17.4 Å². The number of hydrogen-bond acceptors (Lipinski definition) is 6. The van der Waals surface area contributed by atoms with E-state index >= 15 is 0 Å². The molecule has 166 valence electrons. The molecule has 0 saturated carbocycles. The van der Waals surface area contributed by atoms with E-state index in [4.69, 9.17) is 14.2 Å². The maximum atomic E-state index is 12.3. The van der Waals surface area contributed by atoms with Crippen LogP contribution in [0.2, 0.25) is 0 Å². The molecule has 0 aliphatic rings. The number of methoxy groups -OCH3 is 2. The number of esters is 1. The third-order valence-electron chi connectivity index (χ3n) is 4.20. The number of nitrogens with zero attached hydrogens (tertiary/aromatic N) is 1. The molecule has 0 aromatic heterocycles. The van der Waals surface area contributed by atoms with Gasteiger partial charge in [0.15, 0.2) is 11.5 Å². The monoisotopic (exact) mass is 498 g/mol. The summed E-state index contributed by atoms with van der Waals surface area (Å²) in [5.41, 5.74) is 1.23. The van der Waals surface area contributed by atoms with Crippen molar-refractivity contribution >= 4 is 40.0 Å². The summed E-state index contributed by atoms with van der Waals surface area (Å²) in [5.74, 6) is 0.0469. The molecule has 0 heterocycles. The van der Waals surface area contributed by atoms with Crippen LogP contribution in [0.25, 0.3) is 12.2 Å². The van der Waals surface area contributed by atoms with E-state index in [9.17, 15) is 14.9 Å². The smallest absolute Gasteiger partial charge is 0.336 e. The van der Waals surface area contributed by atoms with Gasteiger partial charge in [0.05, 0.1) is 14.2 Å². The summed E-state index contributed by atoms with van der Waals surface area (Å²) in [5, 5.41) is 11.9. The molecule has 0 aliphatic carbocycles. The van der Waals surface area contributed by atoms with Crippen molar-refractivity contribution < 1.29 is 23.8 Å². The third-order valence-corrected chi connectivity index (χ3v) is 4.69. The minimum atomic E-state index is -0.606. The highest BCUT2D eigenvalue weighted by atomic mass is 79.9. The lowest BCUT2D eigenvalue weighted by Gasteiger charge is -2.09. The van der Waals surface area contributed by atoms with E-state index in [1.54, 1.807) is 31.4 Å². The predicted molar refractivity (Wildman–Crippen MR) is 125 cm³/mol. The zero-order valence-corrected chi connectivity index (χ0v) is 19.6. The molecule has 1 N–H and O–H groups in total. The van der Waals surface area contributed by atoms with Gasteiger partial charge in [0, 0.05) is 22.7 Å². The van der Waals surface area contributed by atoms with E-state index in [0.29, 0.717) is 23.4 Å². The van der Waals surface area contributed by atoms with Gasteiger partial charge in [-0.2, -0.15) is 5.26 Å². The minimum Gasteiger partial charge on any atom is -0.496 e. The Hall–Kier alpha value is -3.57. The average Bonchev–Trinajstić information content (AvgIpc) is 2.80. The van der Waals surface area contributed by atoms with E-state index in [-0.39, 0.29) is 17.1 Å². The Morgan fingerprint density at radius 1 is 1.09 bits per heavy atom. The summed E-state index contributed by atoms with van der Waals surface area (Å²) >= 11 is 3.38. The number of halogens is 1. The first-order valence-corrected chi connectivity index (χ1v) is 10.5. The van der Waals surface area contributed by atoms with Crippen molar-refractivity contribution in [1.82, 2.24) is 5.32 Å². The second kappa shape index (κ2) is 12.3. The first kappa shape index (κ1) is 24.7. The number of rotatable bonds is 9. The number of benzene rings is 2. The molecule has 2 rings (SSSR count). The summed E-state index contributed by atoms with van der Waals surface area (Å²) in [4.78, 5) is 24.4. The SMILES string of the molecule is CCCNC(=O)/C(C#N)=C/c1ccc(OC(=O)/C=C/c2cc(Br)ccc2OC)c(OC)c1. The number of amides is 1. The Kier molecular flexibility index (Phi) is 9.51. The van der Waals surface area contributed by atoms with Crippen molar-refractivity contribution in [2.24, 2.45) is 0 Å². The second-order valence-corrected chi connectivity index (χ2v) is 7.39. The van der Waals surface area contributed by atoms with Crippen molar-refractivity contribution in [1.29, 1.82) is 5.26 Å². The van der Waals surface area contributed by atoms with Crippen LogP contribution in [0.1, 0.15) is 24.5 Å². The molecule has 2 aromatic rings. The molecule has 7 nitrogen and oxygen atoms in total. The van der Waals surface area contributed by atoms with E-state index < -0.39 is 11.9 Å². The number of carbonyl (C=O) groups excluding carboxylic acids is 2. The van der Waals surface area contributed by atoms with Crippen LogP contribution in [0.15, 0.2) is 52.5 Å². The van der Waals surface area contributed by atoms with Crippen LogP contribution in [0, 0.1) is 11.3 Å². The molecule has 0 aliphatic heterocycles. The number of ether oxygens (including phenoxy) is 3.